The number of rotatable bonds is 6. The van der Waals surface area contributed by atoms with Crippen molar-refractivity contribution in [2.45, 2.75) is 44.6 Å². The summed E-state index contributed by atoms with van der Waals surface area (Å²) >= 11 is 1.43. The predicted molar refractivity (Wildman–Crippen MR) is 110 cm³/mol. The van der Waals surface area contributed by atoms with Crippen molar-refractivity contribution >= 4 is 23.4 Å². The zero-order valence-electron chi connectivity index (χ0n) is 16.1. The number of carbonyl (C=O) groups excluding carboxylic acids is 1. The van der Waals surface area contributed by atoms with Crippen LogP contribution >= 0.6 is 11.8 Å². The number of hydrogen-bond donors (Lipinski definition) is 1. The Balaban J connectivity index is 1.72. The van der Waals surface area contributed by atoms with Gasteiger partial charge in [-0.15, -0.1) is 10.2 Å². The smallest absolute Gasteiger partial charge is 0.237 e. The Bertz CT molecular complexity index is 916. The third-order valence-corrected chi connectivity index (χ3v) is 5.55. The molecule has 27 heavy (non-hydrogen) atoms. The van der Waals surface area contributed by atoms with Crippen LogP contribution in [0.25, 0.3) is 0 Å². The molecule has 0 aliphatic carbocycles. The lowest BCUT2D eigenvalue weighted by atomic mass is 10.1. The monoisotopic (exact) mass is 380 g/mol. The first kappa shape index (κ1) is 19.2. The molecule has 0 aliphatic heterocycles. The van der Waals surface area contributed by atoms with E-state index in [0.717, 1.165) is 27.8 Å². The van der Waals surface area contributed by atoms with Crippen molar-refractivity contribution in [2.75, 3.05) is 5.32 Å². The molecule has 1 N–H and O–H groups in total. The van der Waals surface area contributed by atoms with Crippen LogP contribution in [0.5, 0.6) is 0 Å². The van der Waals surface area contributed by atoms with Crippen LogP contribution in [0.15, 0.2) is 53.7 Å². The van der Waals surface area contributed by atoms with E-state index in [1.807, 2.05) is 68.7 Å². The van der Waals surface area contributed by atoms with Crippen molar-refractivity contribution in [2.24, 2.45) is 0 Å². The third kappa shape index (κ3) is 4.57. The van der Waals surface area contributed by atoms with Crippen molar-refractivity contribution in [3.8, 4) is 0 Å². The Morgan fingerprint density at radius 2 is 1.70 bits per heavy atom. The van der Waals surface area contributed by atoms with Gasteiger partial charge in [0.2, 0.25) is 5.91 Å². The summed E-state index contributed by atoms with van der Waals surface area (Å²) in [5.41, 5.74) is 4.18. The quantitative estimate of drug-likeness (QED) is 0.645. The Hall–Kier alpha value is -2.60. The molecule has 0 aliphatic rings. The lowest BCUT2D eigenvalue weighted by Crippen LogP contribution is -2.24. The average molecular weight is 381 g/mol. The molecule has 1 aromatic heterocycles. The molecule has 0 fully saturated rings. The number of thioether (sulfide) groups is 1. The average Bonchev–Trinajstić information content (AvgIpc) is 2.99. The minimum atomic E-state index is -0.290. The standard InChI is InChI=1S/C21H24N4OS/c1-14-9-8-10-15(2)19(14)22-20(26)16(3)27-21-24-23-17(4)25(21)13-18-11-6-5-7-12-18/h5-12,16H,13H2,1-4H3,(H,22,26)/t16-/m1/s1. The predicted octanol–water partition coefficient (Wildman–Crippen LogP) is 4.37. The van der Waals surface area contributed by atoms with Crippen LogP contribution < -0.4 is 5.32 Å². The van der Waals surface area contributed by atoms with Crippen LogP contribution in [0, 0.1) is 20.8 Å². The van der Waals surface area contributed by atoms with Gasteiger partial charge in [-0.1, -0.05) is 60.3 Å². The second-order valence-corrected chi connectivity index (χ2v) is 7.93. The van der Waals surface area contributed by atoms with Crippen molar-refractivity contribution in [1.29, 1.82) is 0 Å². The van der Waals surface area contributed by atoms with Crippen LogP contribution in [0.4, 0.5) is 5.69 Å². The van der Waals surface area contributed by atoms with Gasteiger partial charge >= 0.3 is 0 Å². The van der Waals surface area contributed by atoms with Crippen LogP contribution in [-0.4, -0.2) is 25.9 Å². The lowest BCUT2D eigenvalue weighted by Gasteiger charge is -2.16. The van der Waals surface area contributed by atoms with Crippen molar-refractivity contribution in [1.82, 2.24) is 14.8 Å². The maximum Gasteiger partial charge on any atom is 0.237 e. The van der Waals surface area contributed by atoms with Gasteiger partial charge in [0.05, 0.1) is 11.8 Å². The number of aryl methyl sites for hydroxylation is 3. The van der Waals surface area contributed by atoms with E-state index in [1.165, 1.54) is 17.3 Å². The van der Waals surface area contributed by atoms with Crippen LogP contribution in [0.2, 0.25) is 0 Å². The molecule has 140 valence electrons. The SMILES string of the molecule is Cc1cccc(C)c1NC(=O)[C@@H](C)Sc1nnc(C)n1Cc1ccccc1. The maximum atomic E-state index is 12.7. The highest BCUT2D eigenvalue weighted by Gasteiger charge is 2.20. The van der Waals surface area contributed by atoms with E-state index in [9.17, 15) is 4.79 Å². The molecule has 0 saturated heterocycles. The molecule has 0 radical (unpaired) electrons. The first-order chi connectivity index (χ1) is 13.0. The van der Waals surface area contributed by atoms with Gasteiger partial charge in [-0.05, 0) is 44.4 Å². The van der Waals surface area contributed by atoms with Gasteiger partial charge in [-0.2, -0.15) is 0 Å². The first-order valence-electron chi connectivity index (χ1n) is 8.93. The summed E-state index contributed by atoms with van der Waals surface area (Å²) in [6, 6.07) is 16.2. The fourth-order valence-corrected chi connectivity index (χ4v) is 3.74. The highest BCUT2D eigenvalue weighted by atomic mass is 32.2. The van der Waals surface area contributed by atoms with Crippen molar-refractivity contribution < 1.29 is 4.79 Å². The highest BCUT2D eigenvalue weighted by Crippen LogP contribution is 2.26. The Labute approximate surface area is 164 Å². The third-order valence-electron chi connectivity index (χ3n) is 4.47. The molecular weight excluding hydrogens is 356 g/mol. The zero-order valence-corrected chi connectivity index (χ0v) is 16.9. The largest absolute Gasteiger partial charge is 0.325 e. The van der Waals surface area contributed by atoms with E-state index in [-0.39, 0.29) is 11.2 Å². The summed E-state index contributed by atoms with van der Waals surface area (Å²) in [4.78, 5) is 12.7. The number of amides is 1. The molecule has 1 heterocycles. The summed E-state index contributed by atoms with van der Waals surface area (Å²) in [7, 11) is 0. The first-order valence-corrected chi connectivity index (χ1v) is 9.81. The van der Waals surface area contributed by atoms with Gasteiger partial charge in [0.15, 0.2) is 5.16 Å². The van der Waals surface area contributed by atoms with Crippen LogP contribution in [-0.2, 0) is 11.3 Å². The van der Waals surface area contributed by atoms with Crippen LogP contribution in [0.3, 0.4) is 0 Å². The van der Waals surface area contributed by atoms with Crippen molar-refractivity contribution in [3.05, 3.63) is 71.0 Å². The fraction of sp³-hybridized carbons (Fsp3) is 0.286. The van der Waals surface area contributed by atoms with Gasteiger partial charge in [0.25, 0.3) is 0 Å². The Kier molecular flexibility index (Phi) is 5.96. The number of nitrogens with one attached hydrogen (secondary N) is 1. The minimum Gasteiger partial charge on any atom is -0.325 e. The number of hydrogen-bond acceptors (Lipinski definition) is 4. The Morgan fingerprint density at radius 3 is 2.37 bits per heavy atom. The van der Waals surface area contributed by atoms with E-state index in [1.54, 1.807) is 0 Å². The number of aromatic nitrogens is 3. The number of benzene rings is 2. The molecule has 0 bridgehead atoms. The summed E-state index contributed by atoms with van der Waals surface area (Å²) in [5.74, 6) is 0.799. The molecule has 1 amide bonds. The number of nitrogens with zero attached hydrogens (tertiary/aromatic N) is 3. The number of para-hydroxylation sites is 1. The summed E-state index contributed by atoms with van der Waals surface area (Å²) in [6.45, 7) is 8.51. The molecule has 0 spiro atoms. The second kappa shape index (κ2) is 8.39. The van der Waals surface area contributed by atoms with Gasteiger partial charge in [0, 0.05) is 5.69 Å². The molecule has 3 aromatic rings. The topological polar surface area (TPSA) is 59.8 Å². The fourth-order valence-electron chi connectivity index (χ4n) is 2.84. The minimum absolute atomic E-state index is 0.0377. The molecule has 0 saturated carbocycles. The molecule has 1 atom stereocenters. The summed E-state index contributed by atoms with van der Waals surface area (Å²) in [6.07, 6.45) is 0. The second-order valence-electron chi connectivity index (χ2n) is 6.62. The van der Waals surface area contributed by atoms with Crippen molar-refractivity contribution in [3.63, 3.8) is 0 Å². The van der Waals surface area contributed by atoms with E-state index in [0.29, 0.717) is 6.54 Å². The number of anilines is 1. The van der Waals surface area contributed by atoms with Gasteiger partial charge < -0.3 is 9.88 Å². The normalized spacial score (nSPS) is 12.0. The molecule has 6 heteroatoms. The molecule has 2 aromatic carbocycles. The molecule has 3 rings (SSSR count). The summed E-state index contributed by atoms with van der Waals surface area (Å²) < 4.78 is 2.04. The Morgan fingerprint density at radius 1 is 1.04 bits per heavy atom. The van der Waals surface area contributed by atoms with Gasteiger partial charge in [0.1, 0.15) is 5.82 Å². The molecular formula is C21H24N4OS. The van der Waals surface area contributed by atoms with Gasteiger partial charge in [-0.3, -0.25) is 4.79 Å². The van der Waals surface area contributed by atoms with E-state index in [2.05, 4.69) is 27.6 Å². The highest BCUT2D eigenvalue weighted by molar-refractivity contribution is 8.00. The zero-order chi connectivity index (χ0) is 19.4. The number of carbonyl (C=O) groups is 1. The lowest BCUT2D eigenvalue weighted by molar-refractivity contribution is -0.115. The maximum absolute atomic E-state index is 12.7. The van der Waals surface area contributed by atoms with Gasteiger partial charge in [-0.25, -0.2) is 0 Å². The van der Waals surface area contributed by atoms with Crippen LogP contribution in [0.1, 0.15) is 29.4 Å². The van der Waals surface area contributed by atoms with E-state index in [4.69, 9.17) is 0 Å². The molecule has 5 nitrogen and oxygen atoms in total. The molecule has 0 unspecified atom stereocenters. The summed E-state index contributed by atoms with van der Waals surface area (Å²) in [5, 5.41) is 12.0. The van der Waals surface area contributed by atoms with E-state index < -0.39 is 0 Å². The van der Waals surface area contributed by atoms with E-state index >= 15 is 0 Å².